The summed E-state index contributed by atoms with van der Waals surface area (Å²) in [5.74, 6) is 1.54. The Labute approximate surface area is 126 Å². The Kier molecular flexibility index (Phi) is 3.48. The molecular formula is C14H14ClN5O. The summed E-state index contributed by atoms with van der Waals surface area (Å²) < 4.78 is 6.75. The fourth-order valence-corrected chi connectivity index (χ4v) is 2.46. The molecule has 0 radical (unpaired) electrons. The van der Waals surface area contributed by atoms with Crippen LogP contribution < -0.4 is 5.73 Å². The molecule has 108 valence electrons. The molecule has 0 atom stereocenters. The SMILES string of the molecule is COCc1nc2nc(C)nn2c(N)c1-c1cccc(Cl)c1. The van der Waals surface area contributed by atoms with Crippen molar-refractivity contribution in [3.63, 3.8) is 0 Å². The zero-order valence-corrected chi connectivity index (χ0v) is 12.4. The number of ether oxygens (including phenoxy) is 1. The molecule has 6 nitrogen and oxygen atoms in total. The van der Waals surface area contributed by atoms with E-state index in [-0.39, 0.29) is 0 Å². The Morgan fingerprint density at radius 3 is 2.86 bits per heavy atom. The van der Waals surface area contributed by atoms with E-state index in [1.165, 1.54) is 4.52 Å². The molecule has 0 fully saturated rings. The maximum absolute atomic E-state index is 6.27. The molecule has 0 aliphatic rings. The number of methoxy groups -OCH3 is 1. The molecule has 2 N–H and O–H groups in total. The van der Waals surface area contributed by atoms with Crippen molar-refractivity contribution in [2.75, 3.05) is 12.8 Å². The zero-order valence-electron chi connectivity index (χ0n) is 11.7. The third-order valence-electron chi connectivity index (χ3n) is 3.10. The van der Waals surface area contributed by atoms with Crippen LogP contribution in [0.3, 0.4) is 0 Å². The number of aryl methyl sites for hydroxylation is 1. The average Bonchev–Trinajstić information content (AvgIpc) is 2.80. The Morgan fingerprint density at radius 1 is 1.33 bits per heavy atom. The Morgan fingerprint density at radius 2 is 2.14 bits per heavy atom. The lowest BCUT2D eigenvalue weighted by Gasteiger charge is -2.12. The Hall–Kier alpha value is -2.18. The normalized spacial score (nSPS) is 11.2. The molecule has 0 saturated carbocycles. The van der Waals surface area contributed by atoms with Crippen molar-refractivity contribution in [1.82, 2.24) is 19.6 Å². The van der Waals surface area contributed by atoms with Crippen LogP contribution in [0.25, 0.3) is 16.9 Å². The third kappa shape index (κ3) is 2.43. The molecule has 1 aromatic carbocycles. The van der Waals surface area contributed by atoms with Gasteiger partial charge in [-0.25, -0.2) is 4.98 Å². The first-order chi connectivity index (χ1) is 10.1. The van der Waals surface area contributed by atoms with Gasteiger partial charge >= 0.3 is 0 Å². The number of anilines is 1. The molecule has 0 saturated heterocycles. The van der Waals surface area contributed by atoms with Gasteiger partial charge in [-0.3, -0.25) is 0 Å². The van der Waals surface area contributed by atoms with Crippen LogP contribution in [0.5, 0.6) is 0 Å². The first-order valence-corrected chi connectivity index (χ1v) is 6.74. The quantitative estimate of drug-likeness (QED) is 0.804. The molecule has 21 heavy (non-hydrogen) atoms. The number of hydrogen-bond donors (Lipinski definition) is 1. The summed E-state index contributed by atoms with van der Waals surface area (Å²) in [6.45, 7) is 2.12. The molecule has 0 bridgehead atoms. The maximum Gasteiger partial charge on any atom is 0.254 e. The molecule has 2 aromatic heterocycles. The monoisotopic (exact) mass is 303 g/mol. The van der Waals surface area contributed by atoms with E-state index in [2.05, 4.69) is 15.1 Å². The van der Waals surface area contributed by atoms with E-state index in [9.17, 15) is 0 Å². The van der Waals surface area contributed by atoms with E-state index < -0.39 is 0 Å². The van der Waals surface area contributed by atoms with E-state index in [4.69, 9.17) is 22.1 Å². The minimum atomic E-state index is 0.328. The molecule has 0 spiro atoms. The number of aromatic nitrogens is 4. The smallest absolute Gasteiger partial charge is 0.254 e. The van der Waals surface area contributed by atoms with E-state index in [1.807, 2.05) is 24.3 Å². The summed E-state index contributed by atoms with van der Waals surface area (Å²) >= 11 is 6.07. The average molecular weight is 304 g/mol. The minimum Gasteiger partial charge on any atom is -0.383 e. The predicted molar refractivity (Wildman–Crippen MR) is 81.1 cm³/mol. The van der Waals surface area contributed by atoms with Crippen molar-refractivity contribution < 1.29 is 4.74 Å². The molecule has 3 rings (SSSR count). The zero-order chi connectivity index (χ0) is 15.0. The highest BCUT2D eigenvalue weighted by molar-refractivity contribution is 6.30. The van der Waals surface area contributed by atoms with E-state index in [1.54, 1.807) is 14.0 Å². The standard InChI is InChI=1S/C14H14ClN5O/c1-8-17-14-18-11(7-21-2)12(13(16)20(14)19-8)9-4-3-5-10(15)6-9/h3-6H,7,16H2,1-2H3. The van der Waals surface area contributed by atoms with Gasteiger partial charge in [-0.05, 0) is 24.6 Å². The van der Waals surface area contributed by atoms with Gasteiger partial charge in [0.25, 0.3) is 5.78 Å². The number of benzene rings is 1. The van der Waals surface area contributed by atoms with Crippen LogP contribution in [-0.2, 0) is 11.3 Å². The predicted octanol–water partition coefficient (Wildman–Crippen LogP) is 2.48. The van der Waals surface area contributed by atoms with Gasteiger partial charge in [0, 0.05) is 17.7 Å². The summed E-state index contributed by atoms with van der Waals surface area (Å²) in [5, 5.41) is 4.90. The van der Waals surface area contributed by atoms with Gasteiger partial charge in [-0.15, -0.1) is 5.10 Å². The first kappa shape index (κ1) is 13.8. The maximum atomic E-state index is 6.27. The van der Waals surface area contributed by atoms with Gasteiger partial charge in [-0.2, -0.15) is 9.50 Å². The molecule has 0 aliphatic heterocycles. The fourth-order valence-electron chi connectivity index (χ4n) is 2.27. The molecule has 0 amide bonds. The summed E-state index contributed by atoms with van der Waals surface area (Å²) in [6.07, 6.45) is 0. The van der Waals surface area contributed by atoms with Gasteiger partial charge < -0.3 is 10.5 Å². The fraction of sp³-hybridized carbons (Fsp3) is 0.214. The highest BCUT2D eigenvalue weighted by Crippen LogP contribution is 2.31. The summed E-state index contributed by atoms with van der Waals surface area (Å²) in [4.78, 5) is 8.74. The van der Waals surface area contributed by atoms with E-state index >= 15 is 0 Å². The van der Waals surface area contributed by atoms with Gasteiger partial charge in [0.05, 0.1) is 12.3 Å². The van der Waals surface area contributed by atoms with Crippen molar-refractivity contribution in [2.45, 2.75) is 13.5 Å². The Bertz CT molecular complexity index is 814. The molecule has 0 aliphatic carbocycles. The van der Waals surface area contributed by atoms with Crippen LogP contribution in [0, 0.1) is 6.92 Å². The van der Waals surface area contributed by atoms with Crippen molar-refractivity contribution in [3.05, 3.63) is 40.8 Å². The van der Waals surface area contributed by atoms with Crippen molar-refractivity contribution in [1.29, 1.82) is 0 Å². The highest BCUT2D eigenvalue weighted by Gasteiger charge is 2.17. The van der Waals surface area contributed by atoms with Crippen molar-refractivity contribution >= 4 is 23.2 Å². The molecule has 3 aromatic rings. The lowest BCUT2D eigenvalue weighted by atomic mass is 10.0. The molecule has 0 unspecified atom stereocenters. The Balaban J connectivity index is 2.32. The minimum absolute atomic E-state index is 0.328. The number of rotatable bonds is 3. The van der Waals surface area contributed by atoms with Crippen LogP contribution in [0.4, 0.5) is 5.82 Å². The number of hydrogen-bond acceptors (Lipinski definition) is 5. The van der Waals surface area contributed by atoms with Crippen LogP contribution in [0.1, 0.15) is 11.5 Å². The summed E-state index contributed by atoms with van der Waals surface area (Å²) in [7, 11) is 1.61. The third-order valence-corrected chi connectivity index (χ3v) is 3.33. The van der Waals surface area contributed by atoms with Gasteiger partial charge in [0.2, 0.25) is 0 Å². The van der Waals surface area contributed by atoms with Crippen LogP contribution >= 0.6 is 11.6 Å². The largest absolute Gasteiger partial charge is 0.383 e. The van der Waals surface area contributed by atoms with Crippen LogP contribution in [0.2, 0.25) is 5.02 Å². The number of nitrogen functional groups attached to an aromatic ring is 1. The molecular weight excluding hydrogens is 290 g/mol. The second-order valence-electron chi connectivity index (χ2n) is 4.63. The number of fused-ring (bicyclic) bond motifs is 1. The number of nitrogens with zero attached hydrogens (tertiary/aromatic N) is 4. The van der Waals surface area contributed by atoms with E-state index in [0.29, 0.717) is 34.7 Å². The van der Waals surface area contributed by atoms with E-state index in [0.717, 1.165) is 11.1 Å². The summed E-state index contributed by atoms with van der Waals surface area (Å²) in [5.41, 5.74) is 8.60. The lowest BCUT2D eigenvalue weighted by Crippen LogP contribution is -2.08. The molecule has 7 heteroatoms. The number of nitrogens with two attached hydrogens (primary N) is 1. The summed E-state index contributed by atoms with van der Waals surface area (Å²) in [6, 6.07) is 7.44. The lowest BCUT2D eigenvalue weighted by molar-refractivity contribution is 0.182. The van der Waals surface area contributed by atoms with Gasteiger partial charge in [0.1, 0.15) is 11.6 Å². The molecule has 2 heterocycles. The second kappa shape index (κ2) is 5.31. The van der Waals surface area contributed by atoms with Crippen molar-refractivity contribution in [2.24, 2.45) is 0 Å². The first-order valence-electron chi connectivity index (χ1n) is 6.36. The van der Waals surface area contributed by atoms with Gasteiger partial charge in [-0.1, -0.05) is 23.7 Å². The van der Waals surface area contributed by atoms with Gasteiger partial charge in [0.15, 0.2) is 0 Å². The second-order valence-corrected chi connectivity index (χ2v) is 5.07. The van der Waals surface area contributed by atoms with Crippen LogP contribution in [0.15, 0.2) is 24.3 Å². The van der Waals surface area contributed by atoms with Crippen molar-refractivity contribution in [3.8, 4) is 11.1 Å². The van der Waals surface area contributed by atoms with Crippen LogP contribution in [-0.4, -0.2) is 26.7 Å². The number of halogens is 1. The topological polar surface area (TPSA) is 78.3 Å². The highest BCUT2D eigenvalue weighted by atomic mass is 35.5.